The standard InChI is InChI=1S/C12H17BrN2S2/c13-9-6-11(17-8-9)7-14-12(16)15-10-4-2-1-3-5-10/h6,8,10H,1-5,7H2,(H2,14,15,16). The first-order chi connectivity index (χ1) is 8.24. The molecule has 0 atom stereocenters. The van der Waals surface area contributed by atoms with Crippen LogP contribution in [0.5, 0.6) is 0 Å². The molecule has 1 heterocycles. The van der Waals surface area contributed by atoms with E-state index in [4.69, 9.17) is 12.2 Å². The Morgan fingerprint density at radius 2 is 2.18 bits per heavy atom. The van der Waals surface area contributed by atoms with Crippen molar-refractivity contribution in [3.8, 4) is 0 Å². The summed E-state index contributed by atoms with van der Waals surface area (Å²) in [5.41, 5.74) is 0. The molecule has 5 heteroatoms. The van der Waals surface area contributed by atoms with Gasteiger partial charge in [-0.1, -0.05) is 19.3 Å². The highest BCUT2D eigenvalue weighted by Crippen LogP contribution is 2.19. The van der Waals surface area contributed by atoms with Gasteiger partial charge >= 0.3 is 0 Å². The summed E-state index contributed by atoms with van der Waals surface area (Å²) in [7, 11) is 0. The fourth-order valence-corrected chi connectivity index (χ4v) is 3.73. The number of rotatable bonds is 3. The van der Waals surface area contributed by atoms with Crippen molar-refractivity contribution >= 4 is 44.6 Å². The van der Waals surface area contributed by atoms with E-state index in [-0.39, 0.29) is 0 Å². The van der Waals surface area contributed by atoms with E-state index in [0.717, 1.165) is 16.1 Å². The van der Waals surface area contributed by atoms with Gasteiger partial charge in [-0.2, -0.15) is 0 Å². The van der Waals surface area contributed by atoms with Crippen molar-refractivity contribution in [2.24, 2.45) is 0 Å². The Balaban J connectivity index is 1.70. The van der Waals surface area contributed by atoms with Gasteiger partial charge in [-0.3, -0.25) is 0 Å². The molecule has 0 unspecified atom stereocenters. The predicted octanol–water partition coefficient (Wildman–Crippen LogP) is 3.81. The Kier molecular flexibility index (Phi) is 5.25. The highest BCUT2D eigenvalue weighted by Gasteiger charge is 2.13. The van der Waals surface area contributed by atoms with E-state index >= 15 is 0 Å². The maximum atomic E-state index is 5.31. The van der Waals surface area contributed by atoms with Crippen LogP contribution in [0.15, 0.2) is 15.9 Å². The zero-order chi connectivity index (χ0) is 12.1. The molecule has 17 heavy (non-hydrogen) atoms. The van der Waals surface area contributed by atoms with E-state index in [9.17, 15) is 0 Å². The molecule has 0 aliphatic heterocycles. The molecule has 1 saturated carbocycles. The largest absolute Gasteiger partial charge is 0.360 e. The normalized spacial score (nSPS) is 16.8. The SMILES string of the molecule is S=C(NCc1cc(Br)cs1)NC1CCCCC1. The molecule has 1 aliphatic carbocycles. The Bertz CT molecular complexity index is 372. The smallest absolute Gasteiger partial charge is 0.166 e. The number of nitrogens with one attached hydrogen (secondary N) is 2. The van der Waals surface area contributed by atoms with Crippen molar-refractivity contribution in [2.45, 2.75) is 44.7 Å². The van der Waals surface area contributed by atoms with Gasteiger partial charge in [0, 0.05) is 20.8 Å². The van der Waals surface area contributed by atoms with E-state index in [1.54, 1.807) is 11.3 Å². The molecule has 1 fully saturated rings. The highest BCUT2D eigenvalue weighted by atomic mass is 79.9. The second-order valence-electron chi connectivity index (χ2n) is 4.39. The number of hydrogen-bond acceptors (Lipinski definition) is 2. The van der Waals surface area contributed by atoms with Crippen LogP contribution in [0.25, 0.3) is 0 Å². The molecule has 0 radical (unpaired) electrons. The maximum absolute atomic E-state index is 5.31. The van der Waals surface area contributed by atoms with Gasteiger partial charge < -0.3 is 10.6 Å². The summed E-state index contributed by atoms with van der Waals surface area (Å²) in [6.45, 7) is 0.814. The van der Waals surface area contributed by atoms with Gasteiger partial charge in [-0.25, -0.2) is 0 Å². The summed E-state index contributed by atoms with van der Waals surface area (Å²) in [6, 6.07) is 2.71. The molecule has 1 aromatic heterocycles. The summed E-state index contributed by atoms with van der Waals surface area (Å²) < 4.78 is 1.14. The summed E-state index contributed by atoms with van der Waals surface area (Å²) in [4.78, 5) is 1.30. The summed E-state index contributed by atoms with van der Waals surface area (Å²) in [5, 5.41) is 9.56. The molecule has 0 saturated heterocycles. The van der Waals surface area contributed by atoms with Crippen LogP contribution in [-0.4, -0.2) is 11.2 Å². The van der Waals surface area contributed by atoms with Crippen LogP contribution < -0.4 is 10.6 Å². The number of thiophene rings is 1. The lowest BCUT2D eigenvalue weighted by atomic mass is 9.96. The lowest BCUT2D eigenvalue weighted by Gasteiger charge is -2.24. The van der Waals surface area contributed by atoms with Crippen molar-refractivity contribution in [1.29, 1.82) is 0 Å². The molecule has 1 aliphatic rings. The Morgan fingerprint density at radius 1 is 1.41 bits per heavy atom. The minimum atomic E-state index is 0.582. The molecule has 0 bridgehead atoms. The fraction of sp³-hybridized carbons (Fsp3) is 0.583. The lowest BCUT2D eigenvalue weighted by Crippen LogP contribution is -2.42. The average molecular weight is 333 g/mol. The third-order valence-corrected chi connectivity index (χ3v) is 4.95. The number of hydrogen-bond donors (Lipinski definition) is 2. The number of thiocarbonyl (C=S) groups is 1. The molecular formula is C12H17BrN2S2. The molecule has 0 amide bonds. The van der Waals surface area contributed by atoms with Crippen molar-refractivity contribution < 1.29 is 0 Å². The quantitative estimate of drug-likeness (QED) is 0.823. The van der Waals surface area contributed by atoms with Crippen LogP contribution in [0, 0.1) is 0 Å². The predicted molar refractivity (Wildman–Crippen MR) is 81.5 cm³/mol. The molecule has 94 valence electrons. The summed E-state index contributed by atoms with van der Waals surface area (Å²) in [6.07, 6.45) is 6.55. The molecule has 2 N–H and O–H groups in total. The van der Waals surface area contributed by atoms with Gasteiger partial charge in [0.1, 0.15) is 0 Å². The van der Waals surface area contributed by atoms with Crippen LogP contribution in [-0.2, 0) is 6.54 Å². The first kappa shape index (κ1) is 13.3. The zero-order valence-corrected chi connectivity index (χ0v) is 12.9. The van der Waals surface area contributed by atoms with Crippen molar-refractivity contribution in [3.05, 3.63) is 20.8 Å². The van der Waals surface area contributed by atoms with Gasteiger partial charge in [0.15, 0.2) is 5.11 Å². The first-order valence-electron chi connectivity index (χ1n) is 6.01. The molecular weight excluding hydrogens is 316 g/mol. The number of halogens is 1. The molecule has 0 aromatic carbocycles. The van der Waals surface area contributed by atoms with E-state index < -0.39 is 0 Å². The Labute approximate surface area is 120 Å². The van der Waals surface area contributed by atoms with Crippen LogP contribution in [0.4, 0.5) is 0 Å². The first-order valence-corrected chi connectivity index (χ1v) is 8.09. The van der Waals surface area contributed by atoms with E-state index in [0.29, 0.717) is 6.04 Å². The zero-order valence-electron chi connectivity index (χ0n) is 9.67. The van der Waals surface area contributed by atoms with Crippen LogP contribution >= 0.6 is 39.5 Å². The molecule has 2 nitrogen and oxygen atoms in total. The van der Waals surface area contributed by atoms with Crippen LogP contribution in [0.2, 0.25) is 0 Å². The van der Waals surface area contributed by atoms with E-state index in [1.807, 2.05) is 0 Å². The third-order valence-electron chi connectivity index (χ3n) is 2.99. The Hall–Kier alpha value is -0.130. The van der Waals surface area contributed by atoms with E-state index in [2.05, 4.69) is 38.0 Å². The van der Waals surface area contributed by atoms with Gasteiger partial charge in [0.2, 0.25) is 0 Å². The van der Waals surface area contributed by atoms with Crippen molar-refractivity contribution in [1.82, 2.24) is 10.6 Å². The monoisotopic (exact) mass is 332 g/mol. The van der Waals surface area contributed by atoms with Crippen molar-refractivity contribution in [3.63, 3.8) is 0 Å². The van der Waals surface area contributed by atoms with Crippen LogP contribution in [0.3, 0.4) is 0 Å². The minimum absolute atomic E-state index is 0.582. The van der Waals surface area contributed by atoms with Crippen molar-refractivity contribution in [2.75, 3.05) is 0 Å². The fourth-order valence-electron chi connectivity index (χ4n) is 2.10. The third kappa shape index (κ3) is 4.56. The summed E-state index contributed by atoms with van der Waals surface area (Å²) >= 11 is 10.5. The second kappa shape index (κ2) is 6.71. The maximum Gasteiger partial charge on any atom is 0.166 e. The van der Waals surface area contributed by atoms with Gasteiger partial charge in [0.05, 0.1) is 6.54 Å². The lowest BCUT2D eigenvalue weighted by molar-refractivity contribution is 0.412. The summed E-state index contributed by atoms with van der Waals surface area (Å²) in [5.74, 6) is 0. The molecule has 0 spiro atoms. The van der Waals surface area contributed by atoms with Crippen LogP contribution in [0.1, 0.15) is 37.0 Å². The van der Waals surface area contributed by atoms with Gasteiger partial charge in [0.25, 0.3) is 0 Å². The average Bonchev–Trinajstić information content (AvgIpc) is 2.74. The minimum Gasteiger partial charge on any atom is -0.360 e. The Morgan fingerprint density at radius 3 is 2.82 bits per heavy atom. The molecule has 1 aromatic rings. The highest BCUT2D eigenvalue weighted by molar-refractivity contribution is 9.10. The van der Waals surface area contributed by atoms with E-state index in [1.165, 1.54) is 37.0 Å². The second-order valence-corrected chi connectivity index (χ2v) is 6.71. The van der Waals surface area contributed by atoms with Gasteiger partial charge in [-0.15, -0.1) is 11.3 Å². The van der Waals surface area contributed by atoms with Gasteiger partial charge in [-0.05, 0) is 47.1 Å². The topological polar surface area (TPSA) is 24.1 Å². The molecule has 2 rings (SSSR count).